The maximum Gasteiger partial charge on any atom is 0.123 e. The summed E-state index contributed by atoms with van der Waals surface area (Å²) in [5, 5.41) is 0. The Labute approximate surface area is 126 Å². The first-order valence-electron chi connectivity index (χ1n) is 8.19. The number of rotatable bonds is 3. The highest BCUT2D eigenvalue weighted by Gasteiger charge is 2.27. The second kappa shape index (κ2) is 6.32. The summed E-state index contributed by atoms with van der Waals surface area (Å²) in [6.45, 7) is 6.18. The van der Waals surface area contributed by atoms with Gasteiger partial charge in [0.25, 0.3) is 0 Å². The quantitative estimate of drug-likeness (QED) is 0.929. The lowest BCUT2D eigenvalue weighted by Gasteiger charge is -2.40. The predicted molar refractivity (Wildman–Crippen MR) is 85.0 cm³/mol. The third-order valence-corrected chi connectivity index (χ3v) is 4.98. The average Bonchev–Trinajstić information content (AvgIpc) is 3.01. The van der Waals surface area contributed by atoms with Crippen LogP contribution in [0.15, 0.2) is 18.2 Å². The molecule has 116 valence electrons. The minimum atomic E-state index is -0.198. The predicted octanol–water partition coefficient (Wildman–Crippen LogP) is 2.91. The summed E-state index contributed by atoms with van der Waals surface area (Å²) < 4.78 is 13.5. The summed E-state index contributed by atoms with van der Waals surface area (Å²) in [5.74, 6) is -0.198. The van der Waals surface area contributed by atoms with Crippen molar-refractivity contribution in [2.75, 3.05) is 31.1 Å². The molecule has 0 spiro atoms. The van der Waals surface area contributed by atoms with Gasteiger partial charge in [0.15, 0.2) is 0 Å². The SMILES string of the molecule is C[C@@H](N)c1cc(F)ccc1N1CCN(C2CCCC2)CC1. The van der Waals surface area contributed by atoms with E-state index in [2.05, 4.69) is 9.80 Å². The fourth-order valence-electron chi connectivity index (χ4n) is 3.78. The minimum absolute atomic E-state index is 0.136. The summed E-state index contributed by atoms with van der Waals surface area (Å²) >= 11 is 0. The summed E-state index contributed by atoms with van der Waals surface area (Å²) in [4.78, 5) is 5.00. The summed E-state index contributed by atoms with van der Waals surface area (Å²) in [7, 11) is 0. The zero-order valence-corrected chi connectivity index (χ0v) is 12.9. The van der Waals surface area contributed by atoms with Crippen molar-refractivity contribution in [3.63, 3.8) is 0 Å². The zero-order valence-electron chi connectivity index (χ0n) is 12.9. The maximum absolute atomic E-state index is 13.5. The van der Waals surface area contributed by atoms with E-state index in [-0.39, 0.29) is 11.9 Å². The molecule has 1 saturated carbocycles. The lowest BCUT2D eigenvalue weighted by Crippen LogP contribution is -2.50. The van der Waals surface area contributed by atoms with Crippen molar-refractivity contribution in [2.45, 2.75) is 44.7 Å². The first-order valence-corrected chi connectivity index (χ1v) is 8.19. The number of nitrogens with zero attached hydrogens (tertiary/aromatic N) is 2. The zero-order chi connectivity index (χ0) is 14.8. The third-order valence-electron chi connectivity index (χ3n) is 4.98. The Balaban J connectivity index is 1.69. The highest BCUT2D eigenvalue weighted by Crippen LogP contribution is 2.29. The Kier molecular flexibility index (Phi) is 4.45. The van der Waals surface area contributed by atoms with E-state index in [4.69, 9.17) is 5.73 Å². The topological polar surface area (TPSA) is 32.5 Å². The first kappa shape index (κ1) is 14.8. The van der Waals surface area contributed by atoms with Gasteiger partial charge in [-0.25, -0.2) is 4.39 Å². The van der Waals surface area contributed by atoms with Crippen molar-refractivity contribution in [3.8, 4) is 0 Å². The fourth-order valence-corrected chi connectivity index (χ4v) is 3.78. The number of nitrogens with two attached hydrogens (primary N) is 1. The minimum Gasteiger partial charge on any atom is -0.369 e. The Morgan fingerprint density at radius 3 is 2.43 bits per heavy atom. The molecule has 1 heterocycles. The van der Waals surface area contributed by atoms with Gasteiger partial charge < -0.3 is 10.6 Å². The van der Waals surface area contributed by atoms with Gasteiger partial charge in [0.2, 0.25) is 0 Å². The van der Waals surface area contributed by atoms with Crippen molar-refractivity contribution >= 4 is 5.69 Å². The molecule has 0 aromatic heterocycles. The molecule has 0 unspecified atom stereocenters. The highest BCUT2D eigenvalue weighted by atomic mass is 19.1. The molecule has 1 atom stereocenters. The molecule has 0 radical (unpaired) electrons. The van der Waals surface area contributed by atoms with Gasteiger partial charge in [-0.05, 0) is 43.5 Å². The van der Waals surface area contributed by atoms with Crippen molar-refractivity contribution in [2.24, 2.45) is 5.73 Å². The number of hydrogen-bond donors (Lipinski definition) is 1. The third kappa shape index (κ3) is 3.22. The summed E-state index contributed by atoms with van der Waals surface area (Å²) in [6, 6.07) is 5.68. The molecule has 4 heteroatoms. The molecule has 1 aliphatic carbocycles. The molecule has 1 aromatic rings. The van der Waals surface area contributed by atoms with E-state index < -0.39 is 0 Å². The number of anilines is 1. The molecule has 2 N–H and O–H groups in total. The molecule has 1 aliphatic heterocycles. The standard InChI is InChI=1S/C17H26FN3/c1-13(19)16-12-14(18)6-7-17(16)21-10-8-20(9-11-21)15-4-2-3-5-15/h6-7,12-13,15H,2-5,8-11,19H2,1H3/t13-/m1/s1. The van der Waals surface area contributed by atoms with Crippen LogP contribution in [0, 0.1) is 5.82 Å². The molecular weight excluding hydrogens is 265 g/mol. The molecule has 21 heavy (non-hydrogen) atoms. The van der Waals surface area contributed by atoms with Crippen LogP contribution >= 0.6 is 0 Å². The smallest absolute Gasteiger partial charge is 0.123 e. The van der Waals surface area contributed by atoms with Crippen LogP contribution in [0.25, 0.3) is 0 Å². The van der Waals surface area contributed by atoms with Crippen molar-refractivity contribution in [3.05, 3.63) is 29.6 Å². The molecule has 2 aliphatic rings. The van der Waals surface area contributed by atoms with E-state index in [0.29, 0.717) is 0 Å². The van der Waals surface area contributed by atoms with Crippen LogP contribution in [-0.2, 0) is 0 Å². The maximum atomic E-state index is 13.5. The summed E-state index contributed by atoms with van der Waals surface area (Å²) in [6.07, 6.45) is 5.50. The van der Waals surface area contributed by atoms with Gasteiger partial charge in [0.1, 0.15) is 5.82 Å². The molecule has 1 aromatic carbocycles. The van der Waals surface area contributed by atoms with E-state index in [0.717, 1.165) is 43.5 Å². The van der Waals surface area contributed by atoms with Crippen molar-refractivity contribution in [1.29, 1.82) is 0 Å². The normalized spacial score (nSPS) is 22.7. The lowest BCUT2D eigenvalue weighted by molar-refractivity contribution is 0.187. The van der Waals surface area contributed by atoms with Gasteiger partial charge in [0.05, 0.1) is 0 Å². The average molecular weight is 291 g/mol. The molecule has 1 saturated heterocycles. The van der Waals surface area contributed by atoms with Crippen LogP contribution in [0.2, 0.25) is 0 Å². The molecule has 3 nitrogen and oxygen atoms in total. The monoisotopic (exact) mass is 291 g/mol. The van der Waals surface area contributed by atoms with Crippen LogP contribution < -0.4 is 10.6 Å². The van der Waals surface area contributed by atoms with E-state index in [9.17, 15) is 4.39 Å². The first-order chi connectivity index (χ1) is 10.1. The second-order valence-corrected chi connectivity index (χ2v) is 6.45. The van der Waals surface area contributed by atoms with Crippen molar-refractivity contribution in [1.82, 2.24) is 4.90 Å². The van der Waals surface area contributed by atoms with Gasteiger partial charge in [-0.3, -0.25) is 4.90 Å². The van der Waals surface area contributed by atoms with Gasteiger partial charge in [-0.15, -0.1) is 0 Å². The van der Waals surface area contributed by atoms with Crippen LogP contribution in [0.5, 0.6) is 0 Å². The Hall–Kier alpha value is -1.13. The van der Waals surface area contributed by atoms with E-state index in [1.807, 2.05) is 13.0 Å². The lowest BCUT2D eigenvalue weighted by atomic mass is 10.0. The number of hydrogen-bond acceptors (Lipinski definition) is 3. The van der Waals surface area contributed by atoms with Crippen LogP contribution in [0.1, 0.15) is 44.2 Å². The Bertz CT molecular complexity index is 475. The van der Waals surface area contributed by atoms with Gasteiger partial charge in [0, 0.05) is 44.0 Å². The number of halogens is 1. The van der Waals surface area contributed by atoms with Gasteiger partial charge >= 0.3 is 0 Å². The molecule has 0 bridgehead atoms. The van der Waals surface area contributed by atoms with E-state index in [1.54, 1.807) is 12.1 Å². The Morgan fingerprint density at radius 2 is 1.81 bits per heavy atom. The largest absolute Gasteiger partial charge is 0.369 e. The van der Waals surface area contributed by atoms with Crippen LogP contribution in [0.4, 0.5) is 10.1 Å². The van der Waals surface area contributed by atoms with Gasteiger partial charge in [-0.1, -0.05) is 12.8 Å². The molecule has 0 amide bonds. The van der Waals surface area contributed by atoms with E-state index in [1.165, 1.54) is 25.7 Å². The van der Waals surface area contributed by atoms with Crippen LogP contribution in [-0.4, -0.2) is 37.1 Å². The van der Waals surface area contributed by atoms with E-state index >= 15 is 0 Å². The van der Waals surface area contributed by atoms with Crippen LogP contribution in [0.3, 0.4) is 0 Å². The Morgan fingerprint density at radius 1 is 1.14 bits per heavy atom. The fraction of sp³-hybridized carbons (Fsp3) is 0.647. The molecule has 2 fully saturated rings. The second-order valence-electron chi connectivity index (χ2n) is 6.45. The van der Waals surface area contributed by atoms with Gasteiger partial charge in [-0.2, -0.15) is 0 Å². The van der Waals surface area contributed by atoms with Crippen molar-refractivity contribution < 1.29 is 4.39 Å². The molecule has 3 rings (SSSR count). The number of benzene rings is 1. The molecular formula is C17H26FN3. The summed E-state index contributed by atoms with van der Waals surface area (Å²) in [5.41, 5.74) is 8.04. The number of piperazine rings is 1. The highest BCUT2D eigenvalue weighted by molar-refractivity contribution is 5.55.